The minimum Gasteiger partial charge on any atom is -0.443 e. The summed E-state index contributed by atoms with van der Waals surface area (Å²) in [4.78, 5) is 17.7. The van der Waals surface area contributed by atoms with E-state index in [-0.39, 0.29) is 11.5 Å². The molecular weight excluding hydrogens is 396 g/mol. The van der Waals surface area contributed by atoms with Crippen LogP contribution in [0.3, 0.4) is 0 Å². The van der Waals surface area contributed by atoms with Gasteiger partial charge in [-0.1, -0.05) is 44.4 Å². The van der Waals surface area contributed by atoms with E-state index in [2.05, 4.69) is 43.9 Å². The summed E-state index contributed by atoms with van der Waals surface area (Å²) >= 11 is 0. The summed E-state index contributed by atoms with van der Waals surface area (Å²) < 4.78 is 5.77. The molecule has 1 spiro atoms. The highest BCUT2D eigenvalue weighted by molar-refractivity contribution is 5.91. The SMILES string of the molecule is CCC(CN1CCC2(CC1)CN(C(=O)OC(C)(C)C)c1ccc(C)cc12)C1CCC(C)C1. The van der Waals surface area contributed by atoms with Crippen LogP contribution in [-0.4, -0.2) is 42.8 Å². The van der Waals surface area contributed by atoms with Gasteiger partial charge in [-0.05, 0) is 95.9 Å². The van der Waals surface area contributed by atoms with Crippen LogP contribution in [0.2, 0.25) is 0 Å². The summed E-state index contributed by atoms with van der Waals surface area (Å²) in [6.45, 7) is 17.1. The predicted molar refractivity (Wildman–Crippen MR) is 132 cm³/mol. The Morgan fingerprint density at radius 3 is 2.53 bits per heavy atom. The number of fused-ring (bicyclic) bond motifs is 2. The molecule has 3 unspecified atom stereocenters. The fourth-order valence-corrected chi connectivity index (χ4v) is 6.48. The van der Waals surface area contributed by atoms with Crippen LogP contribution in [0.25, 0.3) is 0 Å². The molecule has 1 amide bonds. The van der Waals surface area contributed by atoms with Crippen LogP contribution >= 0.6 is 0 Å². The summed E-state index contributed by atoms with van der Waals surface area (Å²) in [7, 11) is 0. The molecule has 1 aromatic carbocycles. The Balaban J connectivity index is 1.46. The van der Waals surface area contributed by atoms with Gasteiger partial charge < -0.3 is 9.64 Å². The maximum Gasteiger partial charge on any atom is 0.414 e. The number of carbonyl (C=O) groups excluding carboxylic acids is 1. The van der Waals surface area contributed by atoms with Crippen LogP contribution in [0.4, 0.5) is 10.5 Å². The van der Waals surface area contributed by atoms with Crippen molar-refractivity contribution in [1.82, 2.24) is 4.90 Å². The summed E-state index contributed by atoms with van der Waals surface area (Å²) in [6, 6.07) is 6.58. The van der Waals surface area contributed by atoms with Crippen molar-refractivity contribution in [2.45, 2.75) is 91.1 Å². The number of amides is 1. The average molecular weight is 441 g/mol. The maximum atomic E-state index is 13.1. The lowest BCUT2D eigenvalue weighted by Crippen LogP contribution is -2.48. The van der Waals surface area contributed by atoms with Crippen molar-refractivity contribution in [1.29, 1.82) is 0 Å². The maximum absolute atomic E-state index is 13.1. The van der Waals surface area contributed by atoms with Crippen LogP contribution in [0.15, 0.2) is 18.2 Å². The molecule has 0 N–H and O–H groups in total. The molecule has 1 saturated carbocycles. The Bertz CT molecular complexity index is 819. The molecule has 32 heavy (non-hydrogen) atoms. The second-order valence-corrected chi connectivity index (χ2v) is 12.0. The lowest BCUT2D eigenvalue weighted by atomic mass is 9.73. The van der Waals surface area contributed by atoms with Crippen molar-refractivity contribution in [3.63, 3.8) is 0 Å². The number of likely N-dealkylation sites (tertiary alicyclic amines) is 1. The van der Waals surface area contributed by atoms with Gasteiger partial charge in [-0.25, -0.2) is 4.79 Å². The van der Waals surface area contributed by atoms with Gasteiger partial charge in [0.15, 0.2) is 0 Å². The van der Waals surface area contributed by atoms with E-state index in [0.29, 0.717) is 0 Å². The van der Waals surface area contributed by atoms with Gasteiger partial charge in [0.05, 0.1) is 5.69 Å². The zero-order chi connectivity index (χ0) is 23.1. The molecule has 0 aromatic heterocycles. The second kappa shape index (κ2) is 9.00. The van der Waals surface area contributed by atoms with Crippen LogP contribution < -0.4 is 4.90 Å². The standard InChI is InChI=1S/C28H44N2O2/c1-7-22(23-10-8-20(2)16-23)18-29-14-12-28(13-15-29)19-30(26(31)32-27(4,5)6)25-11-9-21(3)17-24(25)28/h9,11,17,20,22-23H,7-8,10,12-16,18-19H2,1-6H3. The number of benzene rings is 1. The molecule has 178 valence electrons. The summed E-state index contributed by atoms with van der Waals surface area (Å²) in [5, 5.41) is 0. The van der Waals surface area contributed by atoms with E-state index < -0.39 is 5.60 Å². The topological polar surface area (TPSA) is 32.8 Å². The van der Waals surface area contributed by atoms with Gasteiger partial charge in [-0.15, -0.1) is 0 Å². The summed E-state index contributed by atoms with van der Waals surface area (Å²) in [5.41, 5.74) is 3.29. The molecule has 2 aliphatic heterocycles. The number of nitrogens with zero attached hydrogens (tertiary/aromatic N) is 2. The third-order valence-electron chi connectivity index (χ3n) is 8.32. The average Bonchev–Trinajstić information content (AvgIpc) is 3.28. The number of hydrogen-bond acceptors (Lipinski definition) is 3. The first-order chi connectivity index (χ1) is 15.1. The first-order valence-electron chi connectivity index (χ1n) is 12.9. The third-order valence-corrected chi connectivity index (χ3v) is 8.32. The number of rotatable bonds is 4. The highest BCUT2D eigenvalue weighted by atomic mass is 16.6. The lowest BCUT2D eigenvalue weighted by molar-refractivity contribution is 0.0568. The quantitative estimate of drug-likeness (QED) is 0.532. The predicted octanol–water partition coefficient (Wildman–Crippen LogP) is 6.55. The molecule has 4 rings (SSSR count). The molecular formula is C28H44N2O2. The Hall–Kier alpha value is -1.55. The van der Waals surface area contributed by atoms with Gasteiger partial charge in [0.25, 0.3) is 0 Å². The van der Waals surface area contributed by atoms with Gasteiger partial charge >= 0.3 is 6.09 Å². The zero-order valence-electron chi connectivity index (χ0n) is 21.2. The molecule has 4 nitrogen and oxygen atoms in total. The van der Waals surface area contributed by atoms with E-state index in [4.69, 9.17) is 4.74 Å². The smallest absolute Gasteiger partial charge is 0.414 e. The zero-order valence-corrected chi connectivity index (χ0v) is 21.2. The Kier molecular flexibility index (Phi) is 6.64. The van der Waals surface area contributed by atoms with E-state index in [1.165, 1.54) is 43.4 Å². The normalized spacial score (nSPS) is 26.4. The molecule has 1 aliphatic carbocycles. The number of hydrogen-bond donors (Lipinski definition) is 0. The molecule has 2 heterocycles. The first kappa shape index (κ1) is 23.6. The molecule has 1 aromatic rings. The van der Waals surface area contributed by atoms with Crippen LogP contribution in [0.1, 0.15) is 84.3 Å². The van der Waals surface area contributed by atoms with Crippen molar-refractivity contribution < 1.29 is 9.53 Å². The molecule has 2 fully saturated rings. The van der Waals surface area contributed by atoms with Crippen LogP contribution in [-0.2, 0) is 10.2 Å². The summed E-state index contributed by atoms with van der Waals surface area (Å²) in [6.07, 6.45) is 7.61. The largest absolute Gasteiger partial charge is 0.443 e. The number of anilines is 1. The molecule has 4 heteroatoms. The minimum absolute atomic E-state index is 0.0678. The highest BCUT2D eigenvalue weighted by Gasteiger charge is 2.47. The van der Waals surface area contributed by atoms with Crippen molar-refractivity contribution in [3.8, 4) is 0 Å². The van der Waals surface area contributed by atoms with Crippen molar-refractivity contribution in [3.05, 3.63) is 29.3 Å². The van der Waals surface area contributed by atoms with Gasteiger partial charge in [0.1, 0.15) is 5.60 Å². The van der Waals surface area contributed by atoms with Gasteiger partial charge in [0, 0.05) is 18.5 Å². The van der Waals surface area contributed by atoms with E-state index in [9.17, 15) is 4.79 Å². The Labute approximate surface area is 195 Å². The van der Waals surface area contributed by atoms with E-state index in [1.54, 1.807) is 0 Å². The summed E-state index contributed by atoms with van der Waals surface area (Å²) in [5.74, 6) is 2.67. The first-order valence-corrected chi connectivity index (χ1v) is 12.9. The van der Waals surface area contributed by atoms with E-state index in [1.807, 2.05) is 25.7 Å². The molecule has 0 bridgehead atoms. The monoisotopic (exact) mass is 440 g/mol. The van der Waals surface area contributed by atoms with Crippen LogP contribution in [0, 0.1) is 24.7 Å². The minimum atomic E-state index is -0.478. The van der Waals surface area contributed by atoms with Gasteiger partial charge in [-0.2, -0.15) is 0 Å². The fraction of sp³-hybridized carbons (Fsp3) is 0.750. The molecule has 0 radical (unpaired) electrons. The van der Waals surface area contributed by atoms with Crippen molar-refractivity contribution in [2.24, 2.45) is 17.8 Å². The van der Waals surface area contributed by atoms with E-state index >= 15 is 0 Å². The Morgan fingerprint density at radius 2 is 1.94 bits per heavy atom. The fourth-order valence-electron chi connectivity index (χ4n) is 6.48. The van der Waals surface area contributed by atoms with E-state index in [0.717, 1.165) is 55.9 Å². The number of piperidine rings is 1. The van der Waals surface area contributed by atoms with Crippen molar-refractivity contribution >= 4 is 11.8 Å². The highest BCUT2D eigenvalue weighted by Crippen LogP contribution is 2.48. The van der Waals surface area contributed by atoms with Crippen molar-refractivity contribution in [2.75, 3.05) is 31.1 Å². The lowest BCUT2D eigenvalue weighted by Gasteiger charge is -2.41. The second-order valence-electron chi connectivity index (χ2n) is 12.0. The number of aryl methyl sites for hydroxylation is 1. The molecule has 3 aliphatic rings. The van der Waals surface area contributed by atoms with Gasteiger partial charge in [0.2, 0.25) is 0 Å². The third kappa shape index (κ3) is 4.85. The number of carbonyl (C=O) groups is 1. The van der Waals surface area contributed by atoms with Gasteiger partial charge in [-0.3, -0.25) is 4.90 Å². The van der Waals surface area contributed by atoms with Crippen LogP contribution in [0.5, 0.6) is 0 Å². The molecule has 1 saturated heterocycles. The molecule has 3 atom stereocenters. The Morgan fingerprint density at radius 1 is 1.22 bits per heavy atom. The number of ether oxygens (including phenoxy) is 1.